The van der Waals surface area contributed by atoms with Crippen molar-refractivity contribution in [2.24, 2.45) is 0 Å². The van der Waals surface area contributed by atoms with Gasteiger partial charge in [0.25, 0.3) is 0 Å². The molecule has 0 spiro atoms. The van der Waals surface area contributed by atoms with Crippen LogP contribution in [0.2, 0.25) is 5.02 Å². The van der Waals surface area contributed by atoms with Gasteiger partial charge in [0.1, 0.15) is 11.6 Å². The van der Waals surface area contributed by atoms with Gasteiger partial charge in [0.2, 0.25) is 0 Å². The number of rotatable bonds is 3. The number of hydrogen-bond acceptors (Lipinski definition) is 1. The maximum atomic E-state index is 14.1. The summed E-state index contributed by atoms with van der Waals surface area (Å²) in [5.41, 5.74) is 1.81. The predicted molar refractivity (Wildman–Crippen MR) is 101 cm³/mol. The van der Waals surface area contributed by atoms with E-state index < -0.39 is 11.6 Å². The second-order valence-electron chi connectivity index (χ2n) is 4.96. The molecule has 0 bridgehead atoms. The molecule has 0 unspecified atom stereocenters. The zero-order valence-corrected chi connectivity index (χ0v) is 16.0. The van der Waals surface area contributed by atoms with E-state index in [1.807, 2.05) is 30.3 Å². The number of anilines is 3. The molecule has 0 N–H and O–H groups in total. The van der Waals surface area contributed by atoms with Gasteiger partial charge < -0.3 is 4.90 Å². The minimum Gasteiger partial charge on any atom is -0.308 e. The Morgan fingerprint density at radius 3 is 1.79 bits per heavy atom. The van der Waals surface area contributed by atoms with Crippen LogP contribution >= 0.6 is 43.5 Å². The van der Waals surface area contributed by atoms with Crippen LogP contribution in [0, 0.1) is 11.6 Å². The van der Waals surface area contributed by atoms with Gasteiger partial charge in [0.15, 0.2) is 0 Å². The molecule has 0 heterocycles. The molecule has 3 aromatic carbocycles. The van der Waals surface area contributed by atoms with E-state index in [1.54, 1.807) is 29.2 Å². The summed E-state index contributed by atoms with van der Waals surface area (Å²) in [5, 5.41) is 0.579. The Labute approximate surface area is 160 Å². The summed E-state index contributed by atoms with van der Waals surface area (Å²) in [5.74, 6) is -1.36. The SMILES string of the molecule is Fc1cc(F)c(Br)c(N(c2ccccc2)c2ccc(Cl)cc2)c1Br. The highest BCUT2D eigenvalue weighted by Gasteiger charge is 2.23. The van der Waals surface area contributed by atoms with Crippen LogP contribution in [-0.4, -0.2) is 0 Å². The van der Waals surface area contributed by atoms with Crippen molar-refractivity contribution < 1.29 is 8.78 Å². The lowest BCUT2D eigenvalue weighted by atomic mass is 10.2. The van der Waals surface area contributed by atoms with Crippen molar-refractivity contribution in [1.29, 1.82) is 0 Å². The van der Waals surface area contributed by atoms with E-state index in [9.17, 15) is 8.78 Å². The molecule has 0 fully saturated rings. The van der Waals surface area contributed by atoms with Gasteiger partial charge in [-0.1, -0.05) is 29.8 Å². The second kappa shape index (κ2) is 7.21. The fourth-order valence-corrected chi connectivity index (χ4v) is 3.70. The van der Waals surface area contributed by atoms with E-state index in [2.05, 4.69) is 31.9 Å². The van der Waals surface area contributed by atoms with E-state index >= 15 is 0 Å². The number of hydrogen-bond donors (Lipinski definition) is 0. The third kappa shape index (κ3) is 3.34. The molecule has 122 valence electrons. The first-order valence-corrected chi connectivity index (χ1v) is 8.89. The molecule has 6 heteroatoms. The quantitative estimate of drug-likeness (QED) is 0.354. The maximum Gasteiger partial charge on any atom is 0.142 e. The fraction of sp³-hybridized carbons (Fsp3) is 0. The molecule has 3 rings (SSSR count). The van der Waals surface area contributed by atoms with Crippen molar-refractivity contribution in [3.8, 4) is 0 Å². The topological polar surface area (TPSA) is 3.24 Å². The van der Waals surface area contributed by atoms with Crippen LogP contribution in [0.3, 0.4) is 0 Å². The number of nitrogens with zero attached hydrogens (tertiary/aromatic N) is 1. The molecular formula is C18H10Br2ClF2N. The zero-order chi connectivity index (χ0) is 17.3. The third-order valence-corrected chi connectivity index (χ3v) is 5.17. The third-order valence-electron chi connectivity index (χ3n) is 3.41. The van der Waals surface area contributed by atoms with Crippen LogP contribution in [0.5, 0.6) is 0 Å². The average molecular weight is 474 g/mol. The summed E-state index contributed by atoms with van der Waals surface area (Å²) < 4.78 is 28.6. The molecule has 24 heavy (non-hydrogen) atoms. The van der Waals surface area contributed by atoms with Crippen molar-refractivity contribution in [2.45, 2.75) is 0 Å². The minimum atomic E-state index is -0.680. The Morgan fingerprint density at radius 1 is 0.750 bits per heavy atom. The summed E-state index contributed by atoms with van der Waals surface area (Å²) in [6, 6.07) is 17.2. The standard InChI is InChI=1S/C18H10Br2ClF2N/c19-16-14(22)10-15(23)17(20)18(16)24(12-4-2-1-3-5-12)13-8-6-11(21)7-9-13/h1-10H. The van der Waals surface area contributed by atoms with Gasteiger partial charge >= 0.3 is 0 Å². The Kier molecular flexibility index (Phi) is 5.23. The Balaban J connectivity index is 2.29. The molecule has 0 atom stereocenters. The van der Waals surface area contributed by atoms with Gasteiger partial charge in [0.05, 0.1) is 14.6 Å². The largest absolute Gasteiger partial charge is 0.308 e. The van der Waals surface area contributed by atoms with E-state index in [0.717, 1.165) is 17.4 Å². The van der Waals surface area contributed by atoms with Crippen molar-refractivity contribution in [2.75, 3.05) is 4.90 Å². The lowest BCUT2D eigenvalue weighted by Gasteiger charge is -2.27. The lowest BCUT2D eigenvalue weighted by molar-refractivity contribution is 0.575. The van der Waals surface area contributed by atoms with Crippen molar-refractivity contribution in [1.82, 2.24) is 0 Å². The number of para-hydroxylation sites is 1. The van der Waals surface area contributed by atoms with Crippen LogP contribution in [0.25, 0.3) is 0 Å². The molecule has 0 amide bonds. The molecule has 0 radical (unpaired) electrons. The van der Waals surface area contributed by atoms with Crippen LogP contribution in [0.1, 0.15) is 0 Å². The normalized spacial score (nSPS) is 10.7. The monoisotopic (exact) mass is 471 g/mol. The molecule has 0 aliphatic rings. The zero-order valence-electron chi connectivity index (χ0n) is 12.1. The number of benzene rings is 3. The minimum absolute atomic E-state index is 0.162. The Hall–Kier alpha value is -1.43. The van der Waals surface area contributed by atoms with Crippen molar-refractivity contribution >= 4 is 60.5 Å². The van der Waals surface area contributed by atoms with Gasteiger partial charge in [-0.25, -0.2) is 8.78 Å². The molecule has 3 aromatic rings. The van der Waals surface area contributed by atoms with Gasteiger partial charge in [0, 0.05) is 22.5 Å². The Bertz CT molecular complexity index is 844. The van der Waals surface area contributed by atoms with Crippen molar-refractivity contribution in [3.63, 3.8) is 0 Å². The van der Waals surface area contributed by atoms with E-state index in [4.69, 9.17) is 11.6 Å². The molecule has 0 saturated heterocycles. The first-order chi connectivity index (χ1) is 11.5. The van der Waals surface area contributed by atoms with Crippen molar-refractivity contribution in [3.05, 3.63) is 86.3 Å². The van der Waals surface area contributed by atoms with Crippen LogP contribution in [0.15, 0.2) is 69.6 Å². The average Bonchev–Trinajstić information content (AvgIpc) is 2.59. The first-order valence-electron chi connectivity index (χ1n) is 6.93. The first kappa shape index (κ1) is 17.4. The molecule has 0 aliphatic heterocycles. The number of halogens is 5. The van der Waals surface area contributed by atoms with Gasteiger partial charge in [-0.3, -0.25) is 0 Å². The lowest BCUT2D eigenvalue weighted by Crippen LogP contribution is -2.12. The highest BCUT2D eigenvalue weighted by molar-refractivity contribution is 9.11. The molecule has 1 nitrogen and oxygen atoms in total. The molecule has 0 aromatic heterocycles. The maximum absolute atomic E-state index is 14.1. The van der Waals surface area contributed by atoms with Gasteiger partial charge in [-0.05, 0) is 68.3 Å². The molecule has 0 aliphatic carbocycles. The summed E-state index contributed by atoms with van der Waals surface area (Å²) in [7, 11) is 0. The van der Waals surface area contributed by atoms with Crippen LogP contribution in [0.4, 0.5) is 25.8 Å². The smallest absolute Gasteiger partial charge is 0.142 e. The van der Waals surface area contributed by atoms with E-state index in [0.29, 0.717) is 10.7 Å². The fourth-order valence-electron chi connectivity index (χ4n) is 2.33. The summed E-state index contributed by atoms with van der Waals surface area (Å²) in [6.45, 7) is 0. The van der Waals surface area contributed by atoms with E-state index in [1.165, 1.54) is 0 Å². The molecular weight excluding hydrogens is 463 g/mol. The van der Waals surface area contributed by atoms with Crippen LogP contribution < -0.4 is 4.90 Å². The predicted octanol–water partition coefficient (Wildman–Crippen LogP) is 7.61. The summed E-state index contributed by atoms with van der Waals surface area (Å²) >= 11 is 12.4. The summed E-state index contributed by atoms with van der Waals surface area (Å²) in [4.78, 5) is 1.75. The van der Waals surface area contributed by atoms with E-state index in [-0.39, 0.29) is 8.95 Å². The summed E-state index contributed by atoms with van der Waals surface area (Å²) in [6.07, 6.45) is 0. The molecule has 0 saturated carbocycles. The highest BCUT2D eigenvalue weighted by Crippen LogP contribution is 2.45. The second-order valence-corrected chi connectivity index (χ2v) is 6.99. The van der Waals surface area contributed by atoms with Gasteiger partial charge in [-0.2, -0.15) is 0 Å². The van der Waals surface area contributed by atoms with Gasteiger partial charge in [-0.15, -0.1) is 0 Å². The van der Waals surface area contributed by atoms with Crippen LogP contribution in [-0.2, 0) is 0 Å². The Morgan fingerprint density at radius 2 is 1.25 bits per heavy atom. The highest BCUT2D eigenvalue weighted by atomic mass is 79.9.